The molecular formula is C19H20B2N2O3. The Kier molecular flexibility index (Phi) is 5.69. The molecule has 26 heavy (non-hydrogen) atoms. The first-order valence-corrected chi connectivity index (χ1v) is 8.53. The van der Waals surface area contributed by atoms with Crippen molar-refractivity contribution in [2.45, 2.75) is 19.6 Å². The van der Waals surface area contributed by atoms with Gasteiger partial charge in [-0.1, -0.05) is 35.2 Å². The fourth-order valence-electron chi connectivity index (χ4n) is 3.12. The van der Waals surface area contributed by atoms with E-state index in [0.717, 1.165) is 21.8 Å². The normalized spacial score (nSPS) is 12.5. The van der Waals surface area contributed by atoms with E-state index in [1.165, 1.54) is 6.92 Å². The molecule has 3 rings (SSSR count). The van der Waals surface area contributed by atoms with Gasteiger partial charge in [0.15, 0.2) is 0 Å². The number of aromatic nitrogens is 1. The van der Waals surface area contributed by atoms with Crippen molar-refractivity contribution in [2.75, 3.05) is 19.8 Å². The number of fused-ring (bicyclic) bond motifs is 3. The number of ether oxygens (including phenoxy) is 1. The topological polar surface area (TPSA) is 63.5 Å². The second-order valence-corrected chi connectivity index (χ2v) is 6.38. The summed E-state index contributed by atoms with van der Waals surface area (Å²) in [5.74, 6) is -0.0991. The van der Waals surface area contributed by atoms with Gasteiger partial charge in [0.25, 0.3) is 0 Å². The zero-order valence-corrected chi connectivity index (χ0v) is 14.7. The molecule has 130 valence electrons. The zero-order chi connectivity index (χ0) is 18.7. The van der Waals surface area contributed by atoms with Crippen molar-refractivity contribution in [3.05, 3.63) is 36.4 Å². The van der Waals surface area contributed by atoms with Crippen LogP contribution in [0.3, 0.4) is 0 Å². The number of amides is 1. The molecule has 0 aliphatic carbocycles. The van der Waals surface area contributed by atoms with Crippen molar-refractivity contribution in [1.29, 1.82) is 0 Å². The third kappa shape index (κ3) is 4.11. The standard InChI is InChI=1S/C19H20B2N2O3/c1-12(24)22-6-7-26-11-15(25)10-23-18-4-2-13(20)8-16(18)17-9-14(21)3-5-19(17)23/h2-5,8-9,15,25H,6-7,10-11H2,1H3,(H,22,24). The van der Waals surface area contributed by atoms with Crippen LogP contribution in [0.15, 0.2) is 36.4 Å². The van der Waals surface area contributed by atoms with Gasteiger partial charge in [-0.15, -0.1) is 0 Å². The van der Waals surface area contributed by atoms with Crippen LogP contribution >= 0.6 is 0 Å². The van der Waals surface area contributed by atoms with Crippen LogP contribution in [0.1, 0.15) is 6.92 Å². The molecule has 0 spiro atoms. The van der Waals surface area contributed by atoms with E-state index in [0.29, 0.717) is 30.6 Å². The van der Waals surface area contributed by atoms with Gasteiger partial charge < -0.3 is 19.7 Å². The summed E-state index contributed by atoms with van der Waals surface area (Å²) in [4.78, 5) is 10.8. The highest BCUT2D eigenvalue weighted by atomic mass is 16.5. The number of benzene rings is 2. The Morgan fingerprint density at radius 1 is 1.15 bits per heavy atom. The van der Waals surface area contributed by atoms with Crippen molar-refractivity contribution in [1.82, 2.24) is 9.88 Å². The Labute approximate surface area is 155 Å². The van der Waals surface area contributed by atoms with Crippen LogP contribution in [0.4, 0.5) is 0 Å². The Morgan fingerprint density at radius 3 is 2.27 bits per heavy atom. The first-order chi connectivity index (χ1) is 12.5. The molecule has 1 aromatic heterocycles. The fourth-order valence-corrected chi connectivity index (χ4v) is 3.12. The number of nitrogens with zero attached hydrogens (tertiary/aromatic N) is 1. The second kappa shape index (κ2) is 7.98. The second-order valence-electron chi connectivity index (χ2n) is 6.38. The van der Waals surface area contributed by atoms with Crippen LogP contribution < -0.4 is 16.2 Å². The van der Waals surface area contributed by atoms with Gasteiger partial charge in [0.05, 0.1) is 25.9 Å². The van der Waals surface area contributed by atoms with E-state index in [4.69, 9.17) is 20.4 Å². The Balaban J connectivity index is 1.79. The molecule has 0 bridgehead atoms. The van der Waals surface area contributed by atoms with Crippen molar-refractivity contribution < 1.29 is 14.6 Å². The summed E-state index contributed by atoms with van der Waals surface area (Å²) in [5.41, 5.74) is 3.33. The molecule has 1 unspecified atom stereocenters. The molecule has 0 aliphatic heterocycles. The molecule has 2 N–H and O–H groups in total. The lowest BCUT2D eigenvalue weighted by atomic mass is 9.92. The number of hydrogen-bond acceptors (Lipinski definition) is 3. The molecule has 7 heteroatoms. The molecule has 1 amide bonds. The number of aliphatic hydroxyl groups excluding tert-OH is 1. The van der Waals surface area contributed by atoms with Crippen LogP contribution in [0.25, 0.3) is 21.8 Å². The highest BCUT2D eigenvalue weighted by Gasteiger charge is 2.14. The number of carbonyl (C=O) groups is 1. The predicted octanol–water partition coefficient (Wildman–Crippen LogP) is -0.104. The number of carbonyl (C=O) groups excluding carboxylic acids is 1. The molecular weight excluding hydrogens is 326 g/mol. The molecule has 0 fully saturated rings. The molecule has 0 saturated heterocycles. The first-order valence-electron chi connectivity index (χ1n) is 8.53. The summed E-state index contributed by atoms with van der Waals surface area (Å²) in [7, 11) is 11.9. The predicted molar refractivity (Wildman–Crippen MR) is 106 cm³/mol. The van der Waals surface area contributed by atoms with Crippen molar-refractivity contribution in [2.24, 2.45) is 0 Å². The maximum absolute atomic E-state index is 10.8. The van der Waals surface area contributed by atoms with Crippen molar-refractivity contribution >= 4 is 54.3 Å². The molecule has 0 saturated carbocycles. The van der Waals surface area contributed by atoms with E-state index in [1.54, 1.807) is 0 Å². The van der Waals surface area contributed by atoms with Gasteiger partial charge in [0.1, 0.15) is 15.7 Å². The Morgan fingerprint density at radius 2 is 1.73 bits per heavy atom. The minimum Gasteiger partial charge on any atom is -0.389 e. The Bertz CT molecular complexity index is 880. The van der Waals surface area contributed by atoms with Crippen LogP contribution in [0.5, 0.6) is 0 Å². The van der Waals surface area contributed by atoms with Gasteiger partial charge in [-0.05, 0) is 12.1 Å². The highest BCUT2D eigenvalue weighted by Crippen LogP contribution is 2.27. The minimum absolute atomic E-state index is 0.0991. The van der Waals surface area contributed by atoms with E-state index < -0.39 is 6.10 Å². The van der Waals surface area contributed by atoms with Crippen LogP contribution in [0.2, 0.25) is 0 Å². The lowest BCUT2D eigenvalue weighted by Crippen LogP contribution is -2.27. The summed E-state index contributed by atoms with van der Waals surface area (Å²) < 4.78 is 7.49. The van der Waals surface area contributed by atoms with Crippen molar-refractivity contribution in [3.63, 3.8) is 0 Å². The third-order valence-corrected chi connectivity index (χ3v) is 4.24. The fraction of sp³-hybridized carbons (Fsp3) is 0.316. The first kappa shape index (κ1) is 18.5. The molecule has 3 aromatic rings. The highest BCUT2D eigenvalue weighted by molar-refractivity contribution is 6.35. The van der Waals surface area contributed by atoms with Gasteiger partial charge in [0, 0.05) is 35.3 Å². The van der Waals surface area contributed by atoms with E-state index >= 15 is 0 Å². The largest absolute Gasteiger partial charge is 0.389 e. The SMILES string of the molecule is [B]c1ccc2c(c1)c1cc([B])ccc1n2CC(O)COCCNC(C)=O. The summed E-state index contributed by atoms with van der Waals surface area (Å²) in [6, 6.07) is 11.4. The van der Waals surface area contributed by atoms with Crippen LogP contribution in [0, 0.1) is 0 Å². The smallest absolute Gasteiger partial charge is 0.216 e. The molecule has 4 radical (unpaired) electrons. The molecule has 5 nitrogen and oxygen atoms in total. The summed E-state index contributed by atoms with van der Waals surface area (Å²) in [5, 5.41) is 15.0. The monoisotopic (exact) mass is 346 g/mol. The van der Waals surface area contributed by atoms with E-state index in [2.05, 4.69) is 5.32 Å². The Hall–Kier alpha value is -2.24. The number of nitrogens with one attached hydrogen (secondary N) is 1. The molecule has 1 heterocycles. The van der Waals surface area contributed by atoms with Crippen LogP contribution in [-0.2, 0) is 16.1 Å². The average molecular weight is 346 g/mol. The van der Waals surface area contributed by atoms with Gasteiger partial charge >= 0.3 is 0 Å². The maximum atomic E-state index is 10.8. The van der Waals surface area contributed by atoms with E-state index in [-0.39, 0.29) is 12.5 Å². The average Bonchev–Trinajstić information content (AvgIpc) is 2.87. The maximum Gasteiger partial charge on any atom is 0.216 e. The summed E-state index contributed by atoms with van der Waals surface area (Å²) in [6.07, 6.45) is -0.679. The third-order valence-electron chi connectivity index (χ3n) is 4.24. The lowest BCUT2D eigenvalue weighted by Gasteiger charge is -2.14. The van der Waals surface area contributed by atoms with E-state index in [1.807, 2.05) is 41.0 Å². The number of rotatable bonds is 7. The lowest BCUT2D eigenvalue weighted by molar-refractivity contribution is -0.119. The molecule has 2 aromatic carbocycles. The molecule has 1 atom stereocenters. The summed E-state index contributed by atoms with van der Waals surface area (Å²) >= 11 is 0. The molecule has 0 aliphatic rings. The van der Waals surface area contributed by atoms with E-state index in [9.17, 15) is 9.90 Å². The van der Waals surface area contributed by atoms with Gasteiger partial charge in [-0.3, -0.25) is 4.79 Å². The summed E-state index contributed by atoms with van der Waals surface area (Å²) in [6.45, 7) is 2.81. The van der Waals surface area contributed by atoms with Gasteiger partial charge in [0.2, 0.25) is 5.91 Å². The number of aliphatic hydroxyl groups is 1. The number of hydrogen-bond donors (Lipinski definition) is 2. The quantitative estimate of drug-likeness (QED) is 0.464. The van der Waals surface area contributed by atoms with Crippen molar-refractivity contribution in [3.8, 4) is 0 Å². The zero-order valence-electron chi connectivity index (χ0n) is 14.7. The van der Waals surface area contributed by atoms with Gasteiger partial charge in [-0.25, -0.2) is 0 Å². The van der Waals surface area contributed by atoms with Crippen LogP contribution in [-0.4, -0.2) is 57.1 Å². The van der Waals surface area contributed by atoms with Gasteiger partial charge in [-0.2, -0.15) is 0 Å². The minimum atomic E-state index is -0.679.